The Labute approximate surface area is 270 Å². The average molecular weight is 650 g/mol. The van der Waals surface area contributed by atoms with E-state index in [0.717, 1.165) is 25.9 Å². The van der Waals surface area contributed by atoms with E-state index in [1.807, 2.05) is 4.90 Å². The van der Waals surface area contributed by atoms with Gasteiger partial charge in [0.25, 0.3) is 5.91 Å². The third-order valence-electron chi connectivity index (χ3n) is 9.61. The molecule has 5 atom stereocenters. The minimum atomic E-state index is -2.72. The molecule has 1 aromatic carbocycles. The summed E-state index contributed by atoms with van der Waals surface area (Å²) in [4.78, 5) is 58.1. The SMILES string of the molecule is CN(C)[C@@H]1C(O)=C(C(=O)NCN2CCCC2)C(=O)[C@@]2(O)C(O)=C3C(=O)c4c(O)cccc4[C@@](C)(O)C3C[C@@H]12.NC(=O)c1cccnc1. The predicted octanol–water partition coefficient (Wildman–Crippen LogP) is 0.650. The number of phenols is 1. The van der Waals surface area contributed by atoms with Gasteiger partial charge in [-0.3, -0.25) is 34.0 Å². The second-order valence-electron chi connectivity index (χ2n) is 12.7. The summed E-state index contributed by atoms with van der Waals surface area (Å²) in [5, 5.41) is 59.2. The van der Waals surface area contributed by atoms with E-state index in [0.29, 0.717) is 5.56 Å². The van der Waals surface area contributed by atoms with E-state index in [9.17, 15) is 44.7 Å². The van der Waals surface area contributed by atoms with Gasteiger partial charge in [0.1, 0.15) is 22.8 Å². The molecule has 2 amide bonds. The fraction of sp³-hybridized carbons (Fsp3) is 0.424. The summed E-state index contributed by atoms with van der Waals surface area (Å²) in [5.74, 6) is -7.61. The third-order valence-corrected chi connectivity index (χ3v) is 9.61. The van der Waals surface area contributed by atoms with Gasteiger partial charge >= 0.3 is 0 Å². The number of pyridine rings is 1. The number of nitrogens with zero attached hydrogens (tertiary/aromatic N) is 3. The van der Waals surface area contributed by atoms with Crippen molar-refractivity contribution in [2.45, 2.75) is 43.4 Å². The number of hydrogen-bond donors (Lipinski definition) is 7. The first-order chi connectivity index (χ1) is 22.1. The monoisotopic (exact) mass is 649 g/mol. The van der Waals surface area contributed by atoms with Crippen LogP contribution in [0.15, 0.2) is 65.4 Å². The quantitative estimate of drug-likeness (QED) is 0.222. The number of rotatable bonds is 5. The molecule has 1 unspecified atom stereocenters. The summed E-state index contributed by atoms with van der Waals surface area (Å²) in [5.41, 5.74) is -0.272. The number of nitrogens with two attached hydrogens (primary N) is 1. The third kappa shape index (κ3) is 5.56. The molecule has 0 bridgehead atoms. The Morgan fingerprint density at radius 1 is 1.09 bits per heavy atom. The highest BCUT2D eigenvalue weighted by atomic mass is 16.3. The number of aliphatic hydroxyl groups excluding tert-OH is 2. The topological polar surface area (TPSA) is 227 Å². The van der Waals surface area contributed by atoms with Crippen molar-refractivity contribution in [2.75, 3.05) is 33.9 Å². The number of likely N-dealkylation sites (tertiary alicyclic amines) is 1. The Bertz CT molecular complexity index is 1680. The molecule has 1 aromatic heterocycles. The van der Waals surface area contributed by atoms with E-state index < -0.39 is 80.9 Å². The minimum absolute atomic E-state index is 0.143. The highest BCUT2D eigenvalue weighted by Crippen LogP contribution is 2.56. The summed E-state index contributed by atoms with van der Waals surface area (Å²) in [6, 6.07) is 6.44. The number of primary amides is 1. The first kappa shape index (κ1) is 33.7. The van der Waals surface area contributed by atoms with Crippen molar-refractivity contribution in [3.63, 3.8) is 0 Å². The number of likely N-dealkylation sites (N-methyl/N-ethyl adjacent to an activating group) is 1. The van der Waals surface area contributed by atoms with Crippen LogP contribution in [0.3, 0.4) is 0 Å². The van der Waals surface area contributed by atoms with E-state index in [2.05, 4.69) is 10.3 Å². The van der Waals surface area contributed by atoms with Crippen molar-refractivity contribution in [2.24, 2.45) is 17.6 Å². The standard InChI is InChI=1S/C27H33N3O8.C6H6N2O/c1-26(37)13-7-6-8-16(31)17(13)21(32)18-14(26)11-15-20(29(2)3)22(33)19(24(35)27(15,38)23(18)34)25(36)28-12-30-9-4-5-10-30;7-6(9)5-2-1-3-8-4-5/h6-8,14-15,20,31,33-34,37-38H,4-5,9-12H2,1-3H3,(H,28,36);1-4H,(H2,7,9)/t14?,15-,20-,26+,27-;/m0./s1. The number of benzene rings is 1. The molecule has 14 nitrogen and oxygen atoms in total. The predicted molar refractivity (Wildman–Crippen MR) is 167 cm³/mol. The maximum Gasteiger partial charge on any atom is 0.259 e. The van der Waals surface area contributed by atoms with Gasteiger partial charge in [0.15, 0.2) is 11.4 Å². The van der Waals surface area contributed by atoms with Gasteiger partial charge in [-0.1, -0.05) is 12.1 Å². The number of hydrogen-bond acceptors (Lipinski definition) is 12. The number of aromatic nitrogens is 1. The molecule has 2 heterocycles. The number of aliphatic hydroxyl groups is 4. The van der Waals surface area contributed by atoms with Crippen molar-refractivity contribution < 1.29 is 44.7 Å². The van der Waals surface area contributed by atoms with Crippen LogP contribution in [-0.2, 0) is 15.2 Å². The van der Waals surface area contributed by atoms with Crippen molar-refractivity contribution in [3.05, 3.63) is 82.1 Å². The van der Waals surface area contributed by atoms with Crippen molar-refractivity contribution in [1.29, 1.82) is 0 Å². The van der Waals surface area contributed by atoms with Crippen LogP contribution in [0.2, 0.25) is 0 Å². The van der Waals surface area contributed by atoms with Crippen LogP contribution in [0.5, 0.6) is 5.75 Å². The lowest BCUT2D eigenvalue weighted by molar-refractivity contribution is -0.152. The number of amides is 2. The van der Waals surface area contributed by atoms with E-state index in [1.54, 1.807) is 32.4 Å². The summed E-state index contributed by atoms with van der Waals surface area (Å²) < 4.78 is 0. The number of carbonyl (C=O) groups excluding carboxylic acids is 4. The first-order valence-electron chi connectivity index (χ1n) is 15.2. The van der Waals surface area contributed by atoms with Crippen LogP contribution in [-0.4, -0.2) is 109 Å². The molecular weight excluding hydrogens is 610 g/mol. The molecule has 0 radical (unpaired) electrons. The molecule has 14 heteroatoms. The number of carbonyl (C=O) groups is 4. The van der Waals surface area contributed by atoms with Gasteiger partial charge < -0.3 is 36.6 Å². The maximum atomic E-state index is 13.8. The van der Waals surface area contributed by atoms with Crippen LogP contribution < -0.4 is 11.1 Å². The molecule has 1 aliphatic heterocycles. The lowest BCUT2D eigenvalue weighted by Crippen LogP contribution is -2.65. The first-order valence-corrected chi connectivity index (χ1v) is 15.2. The highest BCUT2D eigenvalue weighted by molar-refractivity contribution is 6.25. The molecule has 250 valence electrons. The zero-order chi connectivity index (χ0) is 34.4. The smallest absolute Gasteiger partial charge is 0.259 e. The molecular formula is C33H39N5O9. The van der Waals surface area contributed by atoms with Gasteiger partial charge in [0, 0.05) is 29.8 Å². The van der Waals surface area contributed by atoms with Crippen molar-refractivity contribution >= 4 is 23.4 Å². The molecule has 1 saturated heterocycles. The Hall–Kier alpha value is -4.63. The molecule has 0 spiro atoms. The van der Waals surface area contributed by atoms with Crippen LogP contribution in [0, 0.1) is 11.8 Å². The number of aromatic hydroxyl groups is 1. The van der Waals surface area contributed by atoms with Crippen molar-refractivity contribution in [1.82, 2.24) is 20.1 Å². The molecule has 8 N–H and O–H groups in total. The second kappa shape index (κ2) is 12.5. The number of nitrogens with one attached hydrogen (secondary N) is 1. The Balaban J connectivity index is 0.000000417. The summed E-state index contributed by atoms with van der Waals surface area (Å²) in [6.45, 7) is 3.12. The van der Waals surface area contributed by atoms with Crippen LogP contribution >= 0.6 is 0 Å². The van der Waals surface area contributed by atoms with Gasteiger partial charge in [-0.05, 0) is 77.1 Å². The number of phenolic OH excluding ortho intramolecular Hbond substituents is 1. The molecule has 3 aliphatic carbocycles. The molecule has 1 fully saturated rings. The molecule has 6 rings (SSSR count). The Morgan fingerprint density at radius 3 is 2.34 bits per heavy atom. The summed E-state index contributed by atoms with van der Waals surface area (Å²) in [7, 11) is 3.18. The van der Waals surface area contributed by atoms with E-state index in [1.165, 1.54) is 36.2 Å². The van der Waals surface area contributed by atoms with E-state index in [-0.39, 0.29) is 24.2 Å². The Kier molecular flexibility index (Phi) is 8.99. The van der Waals surface area contributed by atoms with Gasteiger partial charge in [-0.25, -0.2) is 0 Å². The number of fused-ring (bicyclic) bond motifs is 3. The number of Topliss-reactive ketones (excluding diaryl/α,β-unsaturated/α-hetero) is 2. The fourth-order valence-electron chi connectivity index (χ4n) is 7.21. The lowest BCUT2D eigenvalue weighted by Gasteiger charge is -2.52. The Morgan fingerprint density at radius 2 is 1.77 bits per heavy atom. The molecule has 2 aromatic rings. The largest absolute Gasteiger partial charge is 0.510 e. The van der Waals surface area contributed by atoms with Crippen LogP contribution in [0.4, 0.5) is 0 Å². The summed E-state index contributed by atoms with van der Waals surface area (Å²) in [6.07, 6.45) is 4.80. The van der Waals surface area contributed by atoms with E-state index in [4.69, 9.17) is 5.73 Å². The zero-order valence-corrected chi connectivity index (χ0v) is 26.3. The number of ketones is 2. The maximum absolute atomic E-state index is 13.8. The van der Waals surface area contributed by atoms with Gasteiger partial charge in [0.05, 0.1) is 29.4 Å². The summed E-state index contributed by atoms with van der Waals surface area (Å²) >= 11 is 0. The normalized spacial score (nSPS) is 28.7. The highest BCUT2D eigenvalue weighted by Gasteiger charge is 2.65. The van der Waals surface area contributed by atoms with Crippen molar-refractivity contribution in [3.8, 4) is 5.75 Å². The molecule has 4 aliphatic rings. The fourth-order valence-corrected chi connectivity index (χ4v) is 7.21. The molecule has 47 heavy (non-hydrogen) atoms. The second-order valence-corrected chi connectivity index (χ2v) is 12.7. The lowest BCUT2D eigenvalue weighted by atomic mass is 9.55. The van der Waals surface area contributed by atoms with E-state index >= 15 is 0 Å². The van der Waals surface area contributed by atoms with Gasteiger partial charge in [-0.15, -0.1) is 0 Å². The minimum Gasteiger partial charge on any atom is -0.510 e. The zero-order valence-electron chi connectivity index (χ0n) is 26.3. The van der Waals surface area contributed by atoms with Crippen LogP contribution in [0.25, 0.3) is 0 Å². The molecule has 0 saturated carbocycles. The van der Waals surface area contributed by atoms with Gasteiger partial charge in [0.2, 0.25) is 11.7 Å². The van der Waals surface area contributed by atoms with Gasteiger partial charge in [-0.2, -0.15) is 0 Å². The van der Waals surface area contributed by atoms with Crippen LogP contribution in [0.1, 0.15) is 52.5 Å². The average Bonchev–Trinajstić information content (AvgIpc) is 3.55.